The fraction of sp³-hybridized carbons (Fsp3) is 0.105. The fourth-order valence-corrected chi connectivity index (χ4v) is 2.26. The average molecular weight is 289 g/mol. The van der Waals surface area contributed by atoms with Gasteiger partial charge in [-0.1, -0.05) is 54.6 Å². The number of benzene rings is 2. The van der Waals surface area contributed by atoms with E-state index < -0.39 is 0 Å². The number of imidazole rings is 1. The maximum absolute atomic E-state index is 4.05. The monoisotopic (exact) mass is 289 g/mol. The highest BCUT2D eigenvalue weighted by molar-refractivity contribution is 5.51. The molecule has 0 saturated heterocycles. The smallest absolute Gasteiger partial charge is 0.0949 e. The van der Waals surface area contributed by atoms with Crippen molar-refractivity contribution in [3.63, 3.8) is 0 Å². The minimum atomic E-state index is 0.815. The van der Waals surface area contributed by atoms with E-state index in [1.54, 1.807) is 6.20 Å². The van der Waals surface area contributed by atoms with Crippen LogP contribution in [0.3, 0.4) is 0 Å². The summed E-state index contributed by atoms with van der Waals surface area (Å²) < 4.78 is 2.06. The Morgan fingerprint density at radius 3 is 2.55 bits per heavy atom. The highest BCUT2D eigenvalue weighted by Crippen LogP contribution is 2.10. The maximum Gasteiger partial charge on any atom is 0.0949 e. The second-order valence-corrected chi connectivity index (χ2v) is 5.13. The third kappa shape index (κ3) is 4.09. The first-order chi connectivity index (χ1) is 10.9. The fourth-order valence-electron chi connectivity index (χ4n) is 2.26. The van der Waals surface area contributed by atoms with Gasteiger partial charge in [0.15, 0.2) is 0 Å². The molecule has 22 heavy (non-hydrogen) atoms. The molecule has 1 heterocycles. The first kappa shape index (κ1) is 14.1. The third-order valence-corrected chi connectivity index (χ3v) is 3.41. The van der Waals surface area contributed by atoms with Crippen LogP contribution < -0.4 is 5.32 Å². The lowest BCUT2D eigenvalue weighted by molar-refractivity contribution is 0.797. The van der Waals surface area contributed by atoms with Crippen molar-refractivity contribution in [2.24, 2.45) is 0 Å². The Bertz CT molecular complexity index is 698. The topological polar surface area (TPSA) is 29.9 Å². The zero-order valence-electron chi connectivity index (χ0n) is 12.4. The minimum absolute atomic E-state index is 0.815. The molecule has 0 unspecified atom stereocenters. The summed E-state index contributed by atoms with van der Waals surface area (Å²) >= 11 is 0. The summed E-state index contributed by atoms with van der Waals surface area (Å²) in [5.74, 6) is 0. The predicted octanol–water partition coefficient (Wildman–Crippen LogP) is 4.06. The molecule has 3 aromatic rings. The number of hydrogen-bond donors (Lipinski definition) is 1. The first-order valence-electron chi connectivity index (χ1n) is 7.40. The van der Waals surface area contributed by atoms with E-state index >= 15 is 0 Å². The van der Waals surface area contributed by atoms with Crippen LogP contribution in [0.4, 0.5) is 5.69 Å². The average Bonchev–Trinajstić information content (AvgIpc) is 3.07. The van der Waals surface area contributed by atoms with E-state index in [1.165, 1.54) is 11.1 Å². The zero-order chi connectivity index (χ0) is 15.0. The normalized spacial score (nSPS) is 10.9. The van der Waals surface area contributed by atoms with Crippen LogP contribution >= 0.6 is 0 Å². The summed E-state index contributed by atoms with van der Waals surface area (Å²) in [4.78, 5) is 4.05. The van der Waals surface area contributed by atoms with E-state index in [0.717, 1.165) is 18.8 Å². The van der Waals surface area contributed by atoms with Crippen molar-refractivity contribution in [2.75, 3.05) is 11.9 Å². The summed E-state index contributed by atoms with van der Waals surface area (Å²) in [5.41, 5.74) is 3.62. The Labute approximate surface area is 131 Å². The molecule has 0 spiro atoms. The van der Waals surface area contributed by atoms with Gasteiger partial charge in [0.1, 0.15) is 0 Å². The number of rotatable bonds is 6. The van der Waals surface area contributed by atoms with Crippen LogP contribution in [-0.4, -0.2) is 16.1 Å². The largest absolute Gasteiger partial charge is 0.382 e. The predicted molar refractivity (Wildman–Crippen MR) is 91.7 cm³/mol. The maximum atomic E-state index is 4.05. The molecule has 2 aromatic carbocycles. The van der Waals surface area contributed by atoms with E-state index in [-0.39, 0.29) is 0 Å². The van der Waals surface area contributed by atoms with Crippen molar-refractivity contribution in [3.8, 4) is 0 Å². The van der Waals surface area contributed by atoms with E-state index in [1.807, 2.05) is 30.7 Å². The first-order valence-corrected chi connectivity index (χ1v) is 7.40. The van der Waals surface area contributed by atoms with Gasteiger partial charge in [0.25, 0.3) is 0 Å². The van der Waals surface area contributed by atoms with E-state index in [4.69, 9.17) is 0 Å². The Hall–Kier alpha value is -2.81. The van der Waals surface area contributed by atoms with Gasteiger partial charge in [0.2, 0.25) is 0 Å². The standard InChI is InChI=1S/C19H19N3/c1-2-5-17(6-3-1)7-4-12-21-19-10-8-18(9-11-19)15-22-14-13-20-16-22/h1-11,13-14,16,21H,12,15H2/b7-4+. The quantitative estimate of drug-likeness (QED) is 0.741. The van der Waals surface area contributed by atoms with Crippen molar-refractivity contribution in [2.45, 2.75) is 6.54 Å². The third-order valence-electron chi connectivity index (χ3n) is 3.41. The molecule has 0 fully saturated rings. The van der Waals surface area contributed by atoms with Gasteiger partial charge < -0.3 is 9.88 Å². The van der Waals surface area contributed by atoms with Crippen LogP contribution in [0.25, 0.3) is 6.08 Å². The zero-order valence-corrected chi connectivity index (χ0v) is 12.4. The molecule has 3 heteroatoms. The van der Waals surface area contributed by atoms with Gasteiger partial charge in [-0.2, -0.15) is 0 Å². The van der Waals surface area contributed by atoms with Gasteiger partial charge in [0, 0.05) is 31.2 Å². The van der Waals surface area contributed by atoms with Crippen molar-refractivity contribution < 1.29 is 0 Å². The Morgan fingerprint density at radius 2 is 1.82 bits per heavy atom. The molecule has 110 valence electrons. The van der Waals surface area contributed by atoms with Gasteiger partial charge in [-0.25, -0.2) is 4.98 Å². The number of nitrogens with one attached hydrogen (secondary N) is 1. The number of nitrogens with zero attached hydrogens (tertiary/aromatic N) is 2. The molecule has 0 aliphatic heterocycles. The molecule has 0 atom stereocenters. The van der Waals surface area contributed by atoms with Crippen molar-refractivity contribution in [1.29, 1.82) is 0 Å². The molecule has 3 nitrogen and oxygen atoms in total. The molecule has 1 N–H and O–H groups in total. The molecule has 0 amide bonds. The van der Waals surface area contributed by atoms with E-state index in [2.05, 4.69) is 63.4 Å². The van der Waals surface area contributed by atoms with Crippen molar-refractivity contribution in [3.05, 3.63) is 90.5 Å². The van der Waals surface area contributed by atoms with E-state index in [0.29, 0.717) is 0 Å². The molecule has 0 aliphatic rings. The number of anilines is 1. The minimum Gasteiger partial charge on any atom is -0.382 e. The van der Waals surface area contributed by atoms with Crippen molar-refractivity contribution >= 4 is 11.8 Å². The molecular weight excluding hydrogens is 270 g/mol. The highest BCUT2D eigenvalue weighted by atomic mass is 15.0. The lowest BCUT2D eigenvalue weighted by Crippen LogP contribution is -1.99. The second-order valence-electron chi connectivity index (χ2n) is 5.13. The van der Waals surface area contributed by atoms with Gasteiger partial charge in [-0.15, -0.1) is 0 Å². The second kappa shape index (κ2) is 7.27. The Balaban J connectivity index is 1.50. The van der Waals surface area contributed by atoms with Crippen LogP contribution in [0.5, 0.6) is 0 Å². The molecule has 3 rings (SSSR count). The number of aromatic nitrogens is 2. The molecular formula is C19H19N3. The molecule has 0 radical (unpaired) electrons. The van der Waals surface area contributed by atoms with Gasteiger partial charge in [-0.3, -0.25) is 0 Å². The summed E-state index contributed by atoms with van der Waals surface area (Å²) in [6, 6.07) is 18.8. The van der Waals surface area contributed by atoms with Crippen LogP contribution in [-0.2, 0) is 6.54 Å². The SMILES string of the molecule is C(=C\c1ccccc1)/CNc1ccc(Cn2ccnc2)cc1. The Morgan fingerprint density at radius 1 is 1.00 bits per heavy atom. The lowest BCUT2D eigenvalue weighted by atomic mass is 10.2. The molecule has 0 saturated carbocycles. The van der Waals surface area contributed by atoms with E-state index in [9.17, 15) is 0 Å². The highest BCUT2D eigenvalue weighted by Gasteiger charge is 1.95. The van der Waals surface area contributed by atoms with Crippen LogP contribution in [0.2, 0.25) is 0 Å². The summed E-state index contributed by atoms with van der Waals surface area (Å²) in [6.07, 6.45) is 9.87. The number of hydrogen-bond acceptors (Lipinski definition) is 2. The summed E-state index contributed by atoms with van der Waals surface area (Å²) in [6.45, 7) is 1.67. The van der Waals surface area contributed by atoms with Gasteiger partial charge in [0.05, 0.1) is 6.33 Å². The van der Waals surface area contributed by atoms with Crippen LogP contribution in [0.1, 0.15) is 11.1 Å². The van der Waals surface area contributed by atoms with Gasteiger partial charge in [-0.05, 0) is 23.3 Å². The summed E-state index contributed by atoms with van der Waals surface area (Å²) in [5, 5.41) is 3.40. The Kier molecular flexibility index (Phi) is 4.67. The van der Waals surface area contributed by atoms with Crippen LogP contribution in [0, 0.1) is 0 Å². The molecule has 0 bridgehead atoms. The molecule has 0 aliphatic carbocycles. The lowest BCUT2D eigenvalue weighted by Gasteiger charge is -2.06. The van der Waals surface area contributed by atoms with Crippen molar-refractivity contribution in [1.82, 2.24) is 9.55 Å². The molecule has 1 aromatic heterocycles. The van der Waals surface area contributed by atoms with Crippen LogP contribution in [0.15, 0.2) is 79.4 Å². The summed E-state index contributed by atoms with van der Waals surface area (Å²) in [7, 11) is 0. The van der Waals surface area contributed by atoms with Gasteiger partial charge >= 0.3 is 0 Å².